The van der Waals surface area contributed by atoms with Crippen molar-refractivity contribution in [1.82, 2.24) is 0 Å². The lowest BCUT2D eigenvalue weighted by molar-refractivity contribution is -0.146. The second kappa shape index (κ2) is 7.75. The lowest BCUT2D eigenvalue weighted by Gasteiger charge is -2.26. The minimum atomic E-state index is -0.616. The summed E-state index contributed by atoms with van der Waals surface area (Å²) in [6.07, 6.45) is -0.616. The van der Waals surface area contributed by atoms with Crippen LogP contribution < -0.4 is 10.1 Å². The summed E-state index contributed by atoms with van der Waals surface area (Å²) in [6, 6.07) is 6.65. The fraction of sp³-hybridized carbons (Fsp3) is 0.533. The van der Waals surface area contributed by atoms with E-state index in [0.717, 1.165) is 11.4 Å². The zero-order chi connectivity index (χ0) is 15.1. The molecule has 0 radical (unpaired) electrons. The number of ether oxygens (including phenoxy) is 2. The molecule has 1 aromatic rings. The van der Waals surface area contributed by atoms with E-state index in [0.29, 0.717) is 6.61 Å². The molecule has 0 heterocycles. The van der Waals surface area contributed by atoms with E-state index in [2.05, 4.69) is 5.32 Å². The van der Waals surface area contributed by atoms with Crippen LogP contribution in [0.15, 0.2) is 24.3 Å². The van der Waals surface area contributed by atoms with Crippen molar-refractivity contribution in [1.29, 1.82) is 0 Å². The third kappa shape index (κ3) is 4.42. The van der Waals surface area contributed by atoms with Crippen molar-refractivity contribution in [2.45, 2.75) is 32.9 Å². The van der Waals surface area contributed by atoms with Crippen molar-refractivity contribution in [2.24, 2.45) is 5.92 Å². The van der Waals surface area contributed by atoms with Gasteiger partial charge in [-0.15, -0.1) is 0 Å². The van der Waals surface area contributed by atoms with E-state index < -0.39 is 12.1 Å². The predicted molar refractivity (Wildman–Crippen MR) is 77.9 cm³/mol. The Morgan fingerprint density at radius 1 is 1.30 bits per heavy atom. The summed E-state index contributed by atoms with van der Waals surface area (Å²) in [5.41, 5.74) is 0.774. The topological polar surface area (TPSA) is 67.8 Å². The number of hydrogen-bond acceptors (Lipinski definition) is 5. The summed E-state index contributed by atoms with van der Waals surface area (Å²) < 4.78 is 10.1. The van der Waals surface area contributed by atoms with E-state index in [4.69, 9.17) is 9.47 Å². The molecule has 0 aromatic heterocycles. The summed E-state index contributed by atoms with van der Waals surface area (Å²) in [5, 5.41) is 12.8. The van der Waals surface area contributed by atoms with Gasteiger partial charge in [0, 0.05) is 11.6 Å². The first kappa shape index (κ1) is 16.3. The van der Waals surface area contributed by atoms with E-state index in [1.165, 1.54) is 0 Å². The number of anilines is 1. The molecule has 3 atom stereocenters. The summed E-state index contributed by atoms with van der Waals surface area (Å²) in [7, 11) is 1.60. The van der Waals surface area contributed by atoms with Crippen LogP contribution in [-0.4, -0.2) is 36.9 Å². The molecule has 112 valence electrons. The quantitative estimate of drug-likeness (QED) is 0.749. The molecule has 0 aliphatic rings. The monoisotopic (exact) mass is 281 g/mol. The second-order valence-electron chi connectivity index (χ2n) is 4.70. The number of benzene rings is 1. The Bertz CT molecular complexity index is 416. The molecule has 1 aromatic carbocycles. The minimum absolute atomic E-state index is 0.267. The van der Waals surface area contributed by atoms with Crippen molar-refractivity contribution in [3.05, 3.63) is 24.3 Å². The van der Waals surface area contributed by atoms with E-state index >= 15 is 0 Å². The molecular weight excluding hydrogens is 258 g/mol. The second-order valence-corrected chi connectivity index (χ2v) is 4.70. The highest BCUT2D eigenvalue weighted by atomic mass is 16.5. The Labute approximate surface area is 119 Å². The smallest absolute Gasteiger partial charge is 0.328 e. The molecule has 0 aliphatic heterocycles. The highest BCUT2D eigenvalue weighted by Crippen LogP contribution is 2.20. The molecule has 1 rings (SSSR count). The molecule has 0 aliphatic carbocycles. The lowest BCUT2D eigenvalue weighted by atomic mass is 9.96. The standard InChI is InChI=1S/C15H23NO4/c1-5-20-15(18)14(10(2)11(3)17)16-12-6-8-13(19-4)9-7-12/h6-11,14,16-17H,5H2,1-4H3/t10-,11+,14-/m0/s1. The minimum Gasteiger partial charge on any atom is -0.497 e. The fourth-order valence-electron chi connectivity index (χ4n) is 1.78. The van der Waals surface area contributed by atoms with Gasteiger partial charge in [0.2, 0.25) is 0 Å². The average Bonchev–Trinajstić information content (AvgIpc) is 2.44. The molecule has 0 unspecified atom stereocenters. The molecule has 0 bridgehead atoms. The first-order valence-electron chi connectivity index (χ1n) is 6.74. The van der Waals surface area contributed by atoms with Crippen LogP contribution in [0.1, 0.15) is 20.8 Å². The Balaban J connectivity index is 2.84. The Kier molecular flexibility index (Phi) is 6.31. The number of esters is 1. The fourth-order valence-corrected chi connectivity index (χ4v) is 1.78. The number of hydrogen-bond donors (Lipinski definition) is 2. The summed E-state index contributed by atoms with van der Waals surface area (Å²) in [4.78, 5) is 12.0. The number of aliphatic hydroxyl groups excluding tert-OH is 1. The maximum atomic E-state index is 12.0. The van der Waals surface area contributed by atoms with E-state index in [9.17, 15) is 9.90 Å². The van der Waals surface area contributed by atoms with Gasteiger partial charge >= 0.3 is 5.97 Å². The lowest BCUT2D eigenvalue weighted by Crippen LogP contribution is -2.41. The number of methoxy groups -OCH3 is 1. The van der Waals surface area contributed by atoms with Gasteiger partial charge in [-0.05, 0) is 38.1 Å². The van der Waals surface area contributed by atoms with Gasteiger partial charge in [0.1, 0.15) is 11.8 Å². The van der Waals surface area contributed by atoms with Crippen LogP contribution in [0.2, 0.25) is 0 Å². The van der Waals surface area contributed by atoms with Gasteiger partial charge in [0.15, 0.2) is 0 Å². The zero-order valence-corrected chi connectivity index (χ0v) is 12.4. The van der Waals surface area contributed by atoms with Crippen LogP contribution in [-0.2, 0) is 9.53 Å². The van der Waals surface area contributed by atoms with Crippen molar-refractivity contribution in [3.63, 3.8) is 0 Å². The number of rotatable bonds is 7. The van der Waals surface area contributed by atoms with Crippen molar-refractivity contribution >= 4 is 11.7 Å². The van der Waals surface area contributed by atoms with Crippen LogP contribution >= 0.6 is 0 Å². The normalized spacial score (nSPS) is 15.1. The molecule has 2 N–H and O–H groups in total. The Morgan fingerprint density at radius 3 is 2.35 bits per heavy atom. The maximum Gasteiger partial charge on any atom is 0.328 e. The first-order valence-corrected chi connectivity index (χ1v) is 6.74. The van der Waals surface area contributed by atoms with Gasteiger partial charge in [0.05, 0.1) is 19.8 Å². The molecule has 0 fully saturated rings. The molecule has 5 nitrogen and oxygen atoms in total. The molecule has 0 saturated heterocycles. The van der Waals surface area contributed by atoms with Gasteiger partial charge in [-0.25, -0.2) is 4.79 Å². The first-order chi connectivity index (χ1) is 9.49. The number of carbonyl (C=O) groups is 1. The molecule has 5 heteroatoms. The molecule has 0 spiro atoms. The van der Waals surface area contributed by atoms with Gasteiger partial charge in [-0.3, -0.25) is 0 Å². The van der Waals surface area contributed by atoms with E-state index in [-0.39, 0.29) is 11.9 Å². The summed E-state index contributed by atoms with van der Waals surface area (Å²) in [6.45, 7) is 5.54. The Hall–Kier alpha value is -1.75. The average molecular weight is 281 g/mol. The van der Waals surface area contributed by atoms with Crippen molar-refractivity contribution in [2.75, 3.05) is 19.0 Å². The largest absolute Gasteiger partial charge is 0.497 e. The van der Waals surface area contributed by atoms with Crippen LogP contribution in [0, 0.1) is 5.92 Å². The van der Waals surface area contributed by atoms with Crippen LogP contribution in [0.25, 0.3) is 0 Å². The highest BCUT2D eigenvalue weighted by Gasteiger charge is 2.29. The third-order valence-electron chi connectivity index (χ3n) is 3.24. The van der Waals surface area contributed by atoms with Crippen LogP contribution in [0.3, 0.4) is 0 Å². The molecule has 0 saturated carbocycles. The van der Waals surface area contributed by atoms with Crippen LogP contribution in [0.4, 0.5) is 5.69 Å². The van der Waals surface area contributed by atoms with Crippen LogP contribution in [0.5, 0.6) is 5.75 Å². The molecular formula is C15H23NO4. The van der Waals surface area contributed by atoms with Gasteiger partial charge in [0.25, 0.3) is 0 Å². The van der Waals surface area contributed by atoms with E-state index in [1.807, 2.05) is 19.1 Å². The maximum absolute atomic E-state index is 12.0. The van der Waals surface area contributed by atoms with Gasteiger partial charge in [-0.1, -0.05) is 6.92 Å². The predicted octanol–water partition coefficient (Wildman–Crippen LogP) is 2.06. The zero-order valence-electron chi connectivity index (χ0n) is 12.4. The van der Waals surface area contributed by atoms with Crippen molar-refractivity contribution in [3.8, 4) is 5.75 Å². The number of carbonyl (C=O) groups excluding carboxylic acids is 1. The third-order valence-corrected chi connectivity index (χ3v) is 3.24. The van der Waals surface area contributed by atoms with Gasteiger partial charge < -0.3 is 19.9 Å². The summed E-state index contributed by atoms with van der Waals surface area (Å²) >= 11 is 0. The number of aliphatic hydroxyl groups is 1. The molecule has 20 heavy (non-hydrogen) atoms. The molecule has 0 amide bonds. The van der Waals surface area contributed by atoms with Crippen molar-refractivity contribution < 1.29 is 19.4 Å². The Morgan fingerprint density at radius 2 is 1.90 bits per heavy atom. The SMILES string of the molecule is CCOC(=O)[C@@H](Nc1ccc(OC)cc1)[C@@H](C)[C@@H](C)O. The van der Waals surface area contributed by atoms with E-state index in [1.54, 1.807) is 33.1 Å². The van der Waals surface area contributed by atoms with Gasteiger partial charge in [-0.2, -0.15) is 0 Å². The number of nitrogens with one attached hydrogen (secondary N) is 1. The highest BCUT2D eigenvalue weighted by molar-refractivity contribution is 5.79. The summed E-state index contributed by atoms with van der Waals surface area (Å²) in [5.74, 6) is 0.111.